The van der Waals surface area contributed by atoms with E-state index in [0.717, 1.165) is 47.5 Å². The van der Waals surface area contributed by atoms with Gasteiger partial charge in [0.05, 0.1) is 0 Å². The molecule has 0 aliphatic carbocycles. The Morgan fingerprint density at radius 3 is 2.34 bits per heavy atom. The molecule has 1 aliphatic rings. The van der Waals surface area contributed by atoms with E-state index in [4.69, 9.17) is 9.72 Å². The van der Waals surface area contributed by atoms with Crippen molar-refractivity contribution in [2.75, 3.05) is 23.3 Å². The highest BCUT2D eigenvalue weighted by molar-refractivity contribution is 5.58. The minimum atomic E-state index is 0.567. The van der Waals surface area contributed by atoms with Gasteiger partial charge in [-0.05, 0) is 49.6 Å². The lowest BCUT2D eigenvalue weighted by Gasteiger charge is -2.21. The molecule has 29 heavy (non-hydrogen) atoms. The Balaban J connectivity index is 1.40. The summed E-state index contributed by atoms with van der Waals surface area (Å²) in [6, 6.07) is 20.2. The second-order valence-electron chi connectivity index (χ2n) is 7.52. The van der Waals surface area contributed by atoms with E-state index >= 15 is 0 Å². The molecule has 0 atom stereocenters. The van der Waals surface area contributed by atoms with Crippen molar-refractivity contribution in [2.24, 2.45) is 0 Å². The van der Waals surface area contributed by atoms with Crippen LogP contribution in [-0.4, -0.2) is 23.1 Å². The molecule has 0 spiro atoms. The van der Waals surface area contributed by atoms with Gasteiger partial charge in [-0.15, -0.1) is 0 Å². The summed E-state index contributed by atoms with van der Waals surface area (Å²) in [5, 5.41) is 3.41. The molecule has 2 heterocycles. The van der Waals surface area contributed by atoms with Crippen LogP contribution in [0.4, 0.5) is 17.5 Å². The van der Waals surface area contributed by atoms with Gasteiger partial charge in [0, 0.05) is 30.5 Å². The summed E-state index contributed by atoms with van der Waals surface area (Å²) in [6.45, 7) is 4.67. The van der Waals surface area contributed by atoms with Crippen LogP contribution in [0.3, 0.4) is 0 Å². The van der Waals surface area contributed by atoms with Gasteiger partial charge in [0.25, 0.3) is 0 Å². The fourth-order valence-electron chi connectivity index (χ4n) is 3.55. The lowest BCUT2D eigenvalue weighted by Crippen LogP contribution is -2.26. The van der Waals surface area contributed by atoms with Gasteiger partial charge in [-0.2, -0.15) is 4.98 Å². The van der Waals surface area contributed by atoms with E-state index in [0.29, 0.717) is 6.61 Å². The summed E-state index contributed by atoms with van der Waals surface area (Å²) < 4.78 is 5.87. The Bertz CT molecular complexity index is 904. The van der Waals surface area contributed by atoms with Crippen molar-refractivity contribution in [1.29, 1.82) is 0 Å². The van der Waals surface area contributed by atoms with Gasteiger partial charge in [-0.3, -0.25) is 0 Å². The molecule has 0 saturated carbocycles. The number of rotatable bonds is 6. The molecular formula is C24H28N4O. The average molecular weight is 389 g/mol. The summed E-state index contributed by atoms with van der Waals surface area (Å²) >= 11 is 0. The van der Waals surface area contributed by atoms with Gasteiger partial charge in [0.2, 0.25) is 5.95 Å². The van der Waals surface area contributed by atoms with Crippen molar-refractivity contribution in [2.45, 2.75) is 39.2 Å². The van der Waals surface area contributed by atoms with E-state index in [1.165, 1.54) is 25.7 Å². The van der Waals surface area contributed by atoms with Gasteiger partial charge >= 0.3 is 0 Å². The first kappa shape index (κ1) is 19.2. The van der Waals surface area contributed by atoms with Crippen molar-refractivity contribution in [3.05, 3.63) is 71.9 Å². The largest absolute Gasteiger partial charge is 0.489 e. The Hall–Kier alpha value is -3.08. The molecule has 0 amide bonds. The van der Waals surface area contributed by atoms with E-state index in [1.54, 1.807) is 0 Å². The molecule has 2 aromatic carbocycles. The average Bonchev–Trinajstić information content (AvgIpc) is 3.03. The van der Waals surface area contributed by atoms with Crippen molar-refractivity contribution < 1.29 is 4.74 Å². The third-order valence-corrected chi connectivity index (χ3v) is 5.11. The van der Waals surface area contributed by atoms with Gasteiger partial charge in [0.1, 0.15) is 18.2 Å². The third-order valence-electron chi connectivity index (χ3n) is 5.11. The Kier molecular flexibility index (Phi) is 6.25. The number of aryl methyl sites for hydroxylation is 1. The van der Waals surface area contributed by atoms with Crippen LogP contribution in [0.5, 0.6) is 5.75 Å². The smallest absolute Gasteiger partial charge is 0.227 e. The predicted octanol–water partition coefficient (Wildman–Crippen LogP) is 5.49. The van der Waals surface area contributed by atoms with Crippen LogP contribution < -0.4 is 15.0 Å². The van der Waals surface area contributed by atoms with Crippen molar-refractivity contribution in [3.8, 4) is 5.75 Å². The number of benzene rings is 2. The van der Waals surface area contributed by atoms with Crippen LogP contribution in [0.2, 0.25) is 0 Å². The highest BCUT2D eigenvalue weighted by atomic mass is 16.5. The summed E-state index contributed by atoms with van der Waals surface area (Å²) in [6.07, 6.45) is 5.02. The predicted molar refractivity (Wildman–Crippen MR) is 118 cm³/mol. The maximum Gasteiger partial charge on any atom is 0.227 e. The highest BCUT2D eigenvalue weighted by Crippen LogP contribution is 2.23. The fourth-order valence-corrected chi connectivity index (χ4v) is 3.55. The molecular weight excluding hydrogens is 360 g/mol. The van der Waals surface area contributed by atoms with E-state index in [2.05, 4.69) is 27.3 Å². The molecule has 5 heteroatoms. The molecule has 150 valence electrons. The summed E-state index contributed by atoms with van der Waals surface area (Å²) in [7, 11) is 0. The zero-order chi connectivity index (χ0) is 19.9. The lowest BCUT2D eigenvalue weighted by molar-refractivity contribution is 0.306. The van der Waals surface area contributed by atoms with E-state index in [-0.39, 0.29) is 0 Å². The zero-order valence-electron chi connectivity index (χ0n) is 17.0. The Morgan fingerprint density at radius 2 is 1.62 bits per heavy atom. The number of aromatic nitrogens is 2. The maximum absolute atomic E-state index is 5.87. The minimum absolute atomic E-state index is 0.567. The Labute approximate surface area is 172 Å². The SMILES string of the molecule is Cc1cc(Nc2ccc(OCc3ccccc3)cc2)nc(N2CCCCCC2)n1. The topological polar surface area (TPSA) is 50.3 Å². The van der Waals surface area contributed by atoms with Crippen LogP contribution >= 0.6 is 0 Å². The van der Waals surface area contributed by atoms with E-state index in [1.807, 2.05) is 55.5 Å². The molecule has 1 fully saturated rings. The molecule has 0 radical (unpaired) electrons. The summed E-state index contributed by atoms with van der Waals surface area (Å²) in [5.41, 5.74) is 3.12. The first-order chi connectivity index (χ1) is 14.3. The molecule has 0 bridgehead atoms. The molecule has 1 N–H and O–H groups in total. The number of anilines is 3. The standard InChI is InChI=1S/C24H28N4O/c1-19-17-23(27-24(25-19)28-15-7-2-3-8-16-28)26-21-11-13-22(14-12-21)29-18-20-9-5-4-6-10-20/h4-6,9-14,17H,2-3,7-8,15-16,18H2,1H3,(H,25,26,27). The molecule has 4 rings (SSSR count). The number of hydrogen-bond acceptors (Lipinski definition) is 5. The van der Waals surface area contributed by atoms with Gasteiger partial charge in [-0.1, -0.05) is 43.2 Å². The quantitative estimate of drug-likeness (QED) is 0.605. The van der Waals surface area contributed by atoms with Gasteiger partial charge in [-0.25, -0.2) is 4.98 Å². The monoisotopic (exact) mass is 388 g/mol. The molecule has 3 aromatic rings. The van der Waals surface area contributed by atoms with Crippen molar-refractivity contribution in [3.63, 3.8) is 0 Å². The maximum atomic E-state index is 5.87. The number of ether oxygens (including phenoxy) is 1. The molecule has 5 nitrogen and oxygen atoms in total. The number of nitrogens with zero attached hydrogens (tertiary/aromatic N) is 3. The highest BCUT2D eigenvalue weighted by Gasteiger charge is 2.14. The van der Waals surface area contributed by atoms with Crippen LogP contribution in [-0.2, 0) is 6.61 Å². The zero-order valence-corrected chi connectivity index (χ0v) is 17.0. The normalized spacial score (nSPS) is 14.3. The van der Waals surface area contributed by atoms with Gasteiger partial charge < -0.3 is 15.0 Å². The van der Waals surface area contributed by atoms with Crippen molar-refractivity contribution in [1.82, 2.24) is 9.97 Å². The summed E-state index contributed by atoms with van der Waals surface area (Å²) in [4.78, 5) is 11.7. The second kappa shape index (κ2) is 9.41. The lowest BCUT2D eigenvalue weighted by atomic mass is 10.2. The first-order valence-electron chi connectivity index (χ1n) is 10.4. The van der Waals surface area contributed by atoms with Crippen molar-refractivity contribution >= 4 is 17.5 Å². The van der Waals surface area contributed by atoms with Crippen LogP contribution in [0.15, 0.2) is 60.7 Å². The molecule has 0 unspecified atom stereocenters. The van der Waals surface area contributed by atoms with Crippen LogP contribution in [0.25, 0.3) is 0 Å². The number of nitrogens with one attached hydrogen (secondary N) is 1. The van der Waals surface area contributed by atoms with Crippen LogP contribution in [0, 0.1) is 6.92 Å². The van der Waals surface area contributed by atoms with Crippen LogP contribution in [0.1, 0.15) is 36.9 Å². The first-order valence-corrected chi connectivity index (χ1v) is 10.4. The summed E-state index contributed by atoms with van der Waals surface area (Å²) in [5.74, 6) is 2.51. The minimum Gasteiger partial charge on any atom is -0.489 e. The molecule has 1 saturated heterocycles. The molecule has 1 aliphatic heterocycles. The fraction of sp³-hybridized carbons (Fsp3) is 0.333. The Morgan fingerprint density at radius 1 is 0.897 bits per heavy atom. The second-order valence-corrected chi connectivity index (χ2v) is 7.52. The van der Waals surface area contributed by atoms with E-state index < -0.39 is 0 Å². The molecule has 1 aromatic heterocycles. The van der Waals surface area contributed by atoms with E-state index in [9.17, 15) is 0 Å². The third kappa shape index (κ3) is 5.47. The number of hydrogen-bond donors (Lipinski definition) is 1. The van der Waals surface area contributed by atoms with Gasteiger partial charge in [0.15, 0.2) is 0 Å².